The fourth-order valence-corrected chi connectivity index (χ4v) is 3.79. The first-order valence-electron chi connectivity index (χ1n) is 8.70. The Morgan fingerprint density at radius 2 is 1.89 bits per heavy atom. The summed E-state index contributed by atoms with van der Waals surface area (Å²) in [7, 11) is 0. The van der Waals surface area contributed by atoms with Crippen molar-refractivity contribution >= 4 is 23.0 Å². The fraction of sp³-hybridized carbons (Fsp3) is 0.143. The van der Waals surface area contributed by atoms with Gasteiger partial charge in [0.2, 0.25) is 0 Å². The van der Waals surface area contributed by atoms with Crippen LogP contribution in [0, 0.1) is 13.8 Å². The van der Waals surface area contributed by atoms with Crippen LogP contribution in [0.2, 0.25) is 0 Å². The minimum atomic E-state index is -0.469. The maximum absolute atomic E-state index is 12.5. The quantitative estimate of drug-likeness (QED) is 0.495. The summed E-state index contributed by atoms with van der Waals surface area (Å²) >= 11 is 1.29. The number of rotatable bonds is 4. The Bertz CT molecular complexity index is 1230. The molecule has 0 fully saturated rings. The number of hydrogen-bond donors (Lipinski definition) is 0. The van der Waals surface area contributed by atoms with Gasteiger partial charge in [0.1, 0.15) is 22.1 Å². The zero-order valence-electron chi connectivity index (χ0n) is 15.4. The van der Waals surface area contributed by atoms with Gasteiger partial charge in [0.05, 0.1) is 11.4 Å². The molecule has 7 heteroatoms. The van der Waals surface area contributed by atoms with Crippen molar-refractivity contribution in [3.8, 4) is 10.6 Å². The highest BCUT2D eigenvalue weighted by Gasteiger charge is 2.18. The third-order valence-electron chi connectivity index (χ3n) is 4.21. The molecule has 0 amide bonds. The van der Waals surface area contributed by atoms with Gasteiger partial charge in [-0.1, -0.05) is 36.4 Å². The van der Waals surface area contributed by atoms with Crippen molar-refractivity contribution in [3.05, 3.63) is 86.9 Å². The number of aryl methyl sites for hydroxylation is 2. The lowest BCUT2D eigenvalue weighted by molar-refractivity contribution is 0.0472. The van der Waals surface area contributed by atoms with E-state index < -0.39 is 5.97 Å². The Morgan fingerprint density at radius 3 is 2.68 bits per heavy atom. The van der Waals surface area contributed by atoms with Crippen molar-refractivity contribution in [3.63, 3.8) is 0 Å². The maximum atomic E-state index is 12.5. The number of carbonyl (C=O) groups excluding carboxylic acids is 1. The highest BCUT2D eigenvalue weighted by molar-refractivity contribution is 7.17. The van der Waals surface area contributed by atoms with Crippen molar-refractivity contribution < 1.29 is 9.53 Å². The van der Waals surface area contributed by atoms with E-state index in [0.717, 1.165) is 16.1 Å². The summed E-state index contributed by atoms with van der Waals surface area (Å²) in [5.74, 6) is -0.469. The largest absolute Gasteiger partial charge is 0.455 e. The van der Waals surface area contributed by atoms with Crippen molar-refractivity contribution in [2.45, 2.75) is 20.5 Å². The molecule has 0 radical (unpaired) electrons. The zero-order chi connectivity index (χ0) is 19.7. The van der Waals surface area contributed by atoms with E-state index in [0.29, 0.717) is 21.9 Å². The van der Waals surface area contributed by atoms with E-state index in [1.807, 2.05) is 43.3 Å². The molecule has 3 aromatic heterocycles. The molecule has 0 bridgehead atoms. The van der Waals surface area contributed by atoms with E-state index in [1.165, 1.54) is 21.8 Å². The molecule has 6 nitrogen and oxygen atoms in total. The summed E-state index contributed by atoms with van der Waals surface area (Å²) in [6.45, 7) is 3.61. The van der Waals surface area contributed by atoms with Crippen LogP contribution in [0.3, 0.4) is 0 Å². The van der Waals surface area contributed by atoms with Gasteiger partial charge in [-0.25, -0.2) is 14.8 Å². The molecule has 0 saturated carbocycles. The van der Waals surface area contributed by atoms with Crippen molar-refractivity contribution in [1.82, 2.24) is 14.4 Å². The Hall–Kier alpha value is -3.32. The van der Waals surface area contributed by atoms with Crippen LogP contribution in [0.1, 0.15) is 26.6 Å². The number of esters is 1. The number of nitrogens with zero attached hydrogens (tertiary/aromatic N) is 3. The van der Waals surface area contributed by atoms with E-state index >= 15 is 0 Å². The Kier molecular flexibility index (Phi) is 4.75. The third-order valence-corrected chi connectivity index (χ3v) is 5.40. The molecule has 0 aliphatic carbocycles. The second kappa shape index (κ2) is 7.36. The lowest BCUT2D eigenvalue weighted by Gasteiger charge is -2.06. The summed E-state index contributed by atoms with van der Waals surface area (Å²) in [4.78, 5) is 34.1. The highest BCUT2D eigenvalue weighted by Crippen LogP contribution is 2.28. The van der Waals surface area contributed by atoms with Gasteiger partial charge in [0.15, 0.2) is 0 Å². The molecular weight excluding hydrogens is 374 g/mol. The standard InChI is InChI=1S/C21H17N3O3S/c1-13-8-9-17-23-16(10-18(25)24(17)11-13)12-27-21(26)19-14(2)22-20(28-19)15-6-4-3-5-7-15/h3-11H,12H2,1-2H3. The zero-order valence-corrected chi connectivity index (χ0v) is 16.2. The molecule has 140 valence electrons. The molecule has 0 saturated heterocycles. The molecule has 0 unspecified atom stereocenters. The number of carbonyl (C=O) groups is 1. The summed E-state index contributed by atoms with van der Waals surface area (Å²) in [6, 6.07) is 14.7. The first-order valence-corrected chi connectivity index (χ1v) is 9.52. The summed E-state index contributed by atoms with van der Waals surface area (Å²) in [5.41, 5.74) is 3.26. The molecule has 28 heavy (non-hydrogen) atoms. The van der Waals surface area contributed by atoms with Crippen molar-refractivity contribution in [2.24, 2.45) is 0 Å². The second-order valence-electron chi connectivity index (χ2n) is 6.40. The molecule has 1 aromatic carbocycles. The third kappa shape index (κ3) is 3.57. The second-order valence-corrected chi connectivity index (χ2v) is 7.40. The molecule has 0 aliphatic rings. The molecule has 3 heterocycles. The molecule has 0 aliphatic heterocycles. The number of benzene rings is 1. The molecular formula is C21H17N3O3S. The van der Waals surface area contributed by atoms with Gasteiger partial charge in [0.25, 0.3) is 5.56 Å². The topological polar surface area (TPSA) is 73.6 Å². The highest BCUT2D eigenvalue weighted by atomic mass is 32.1. The van der Waals surface area contributed by atoms with E-state index in [1.54, 1.807) is 19.2 Å². The van der Waals surface area contributed by atoms with Gasteiger partial charge in [0, 0.05) is 17.8 Å². The number of pyridine rings is 1. The smallest absolute Gasteiger partial charge is 0.350 e. The predicted molar refractivity (Wildman–Crippen MR) is 108 cm³/mol. The fourth-order valence-electron chi connectivity index (χ4n) is 2.83. The number of aromatic nitrogens is 3. The van der Waals surface area contributed by atoms with E-state index in [2.05, 4.69) is 9.97 Å². The van der Waals surface area contributed by atoms with Crippen LogP contribution in [-0.2, 0) is 11.3 Å². The van der Waals surface area contributed by atoms with E-state index in [9.17, 15) is 9.59 Å². The van der Waals surface area contributed by atoms with Gasteiger partial charge in [-0.05, 0) is 25.5 Å². The maximum Gasteiger partial charge on any atom is 0.350 e. The summed E-state index contributed by atoms with van der Waals surface area (Å²) in [6.07, 6.45) is 1.73. The molecule has 4 rings (SSSR count). The number of hydrogen-bond acceptors (Lipinski definition) is 6. The van der Waals surface area contributed by atoms with Crippen LogP contribution in [0.4, 0.5) is 0 Å². The van der Waals surface area contributed by atoms with E-state index in [-0.39, 0.29) is 12.2 Å². The monoisotopic (exact) mass is 391 g/mol. The normalized spacial score (nSPS) is 10.9. The van der Waals surface area contributed by atoms with Gasteiger partial charge in [-0.3, -0.25) is 9.20 Å². The van der Waals surface area contributed by atoms with Crippen LogP contribution >= 0.6 is 11.3 Å². The lowest BCUT2D eigenvalue weighted by Crippen LogP contribution is -2.16. The number of thiazole rings is 1. The van der Waals surface area contributed by atoms with Gasteiger partial charge < -0.3 is 4.74 Å². The van der Waals surface area contributed by atoms with E-state index in [4.69, 9.17) is 4.74 Å². The average molecular weight is 391 g/mol. The summed E-state index contributed by atoms with van der Waals surface area (Å²) < 4.78 is 6.86. The van der Waals surface area contributed by atoms with Crippen LogP contribution in [-0.4, -0.2) is 20.3 Å². The van der Waals surface area contributed by atoms with Crippen LogP contribution in [0.5, 0.6) is 0 Å². The molecule has 0 atom stereocenters. The average Bonchev–Trinajstić information content (AvgIpc) is 3.09. The first kappa shape index (κ1) is 18.1. The first-order chi connectivity index (χ1) is 13.5. The van der Waals surface area contributed by atoms with Gasteiger partial charge in [-0.2, -0.15) is 0 Å². The lowest BCUT2D eigenvalue weighted by atomic mass is 10.2. The molecule has 0 N–H and O–H groups in total. The SMILES string of the molecule is Cc1ccc2nc(COC(=O)c3sc(-c4ccccc4)nc3C)cc(=O)n2c1. The molecule has 4 aromatic rings. The van der Waals surface area contributed by atoms with Gasteiger partial charge >= 0.3 is 5.97 Å². The van der Waals surface area contributed by atoms with Crippen molar-refractivity contribution in [1.29, 1.82) is 0 Å². The van der Waals surface area contributed by atoms with Gasteiger partial charge in [-0.15, -0.1) is 11.3 Å². The Morgan fingerprint density at radius 1 is 1.11 bits per heavy atom. The predicted octanol–water partition coefficient (Wildman–Crippen LogP) is 3.79. The van der Waals surface area contributed by atoms with Crippen LogP contribution in [0.15, 0.2) is 59.5 Å². The number of fused-ring (bicyclic) bond motifs is 1. The van der Waals surface area contributed by atoms with Crippen molar-refractivity contribution in [2.75, 3.05) is 0 Å². The minimum Gasteiger partial charge on any atom is -0.455 e. The molecule has 0 spiro atoms. The Labute approximate surface area is 165 Å². The van der Waals surface area contributed by atoms with Crippen LogP contribution < -0.4 is 5.56 Å². The minimum absolute atomic E-state index is 0.0730. The Balaban J connectivity index is 1.54. The van der Waals surface area contributed by atoms with Crippen LogP contribution in [0.25, 0.3) is 16.2 Å². The number of ether oxygens (including phenoxy) is 1. The summed E-state index contributed by atoms with van der Waals surface area (Å²) in [5, 5.41) is 0.766.